The molecule has 3 aromatic rings. The summed E-state index contributed by atoms with van der Waals surface area (Å²) in [7, 11) is -2.05. The predicted octanol–water partition coefficient (Wildman–Crippen LogP) is 3.40. The van der Waals surface area contributed by atoms with E-state index in [1.807, 2.05) is 25.1 Å². The molecule has 0 aliphatic carbocycles. The maximum absolute atomic E-state index is 12.2. The summed E-state index contributed by atoms with van der Waals surface area (Å²) in [5.74, 6) is 1.30. The average molecular weight is 376 g/mol. The molecule has 1 aromatic carbocycles. The molecule has 0 atom stereocenters. The zero-order valence-corrected chi connectivity index (χ0v) is 15.2. The first-order valence-electron chi connectivity index (χ1n) is 7.30. The van der Waals surface area contributed by atoms with Crippen molar-refractivity contribution in [3.8, 4) is 5.75 Å². The number of sulfonamides is 1. The minimum atomic E-state index is -3.63. The number of ether oxygens (including phenoxy) is 1. The fourth-order valence-electron chi connectivity index (χ4n) is 2.12. The van der Waals surface area contributed by atoms with Gasteiger partial charge in [-0.25, -0.2) is 8.42 Å². The van der Waals surface area contributed by atoms with Gasteiger partial charge in [-0.1, -0.05) is 12.1 Å². The molecule has 0 spiro atoms. The lowest BCUT2D eigenvalue weighted by molar-refractivity contribution is 0.416. The topological polar surface area (TPSA) is 93.2 Å². The normalized spacial score (nSPS) is 11.1. The summed E-state index contributed by atoms with van der Waals surface area (Å²) in [5.41, 5.74) is 1.82. The van der Waals surface area contributed by atoms with Crippen LogP contribution >= 0.6 is 11.3 Å². The standard InChI is InChI=1S/C16H16N4O3S2/c1-11-5-6-13(23-2)12(10-11)17-14-7-8-15(19-18-14)20-25(21,22)16-4-3-9-24-16/h3-10H,1-2H3,(H,17,18)(H,19,20). The van der Waals surface area contributed by atoms with Gasteiger partial charge in [0, 0.05) is 0 Å². The lowest BCUT2D eigenvalue weighted by Gasteiger charge is -2.11. The molecule has 3 rings (SSSR count). The molecule has 2 N–H and O–H groups in total. The van der Waals surface area contributed by atoms with Gasteiger partial charge in [-0.2, -0.15) is 0 Å². The summed E-state index contributed by atoms with van der Waals surface area (Å²) < 4.78 is 32.2. The van der Waals surface area contributed by atoms with E-state index >= 15 is 0 Å². The van der Waals surface area contributed by atoms with Gasteiger partial charge in [0.1, 0.15) is 9.96 Å². The molecular formula is C16H16N4O3S2. The number of nitrogens with zero attached hydrogens (tertiary/aromatic N) is 2. The van der Waals surface area contributed by atoms with E-state index in [0.29, 0.717) is 11.6 Å². The van der Waals surface area contributed by atoms with Crippen molar-refractivity contribution < 1.29 is 13.2 Å². The zero-order chi connectivity index (χ0) is 17.9. The molecule has 0 fully saturated rings. The van der Waals surface area contributed by atoms with Gasteiger partial charge >= 0.3 is 0 Å². The van der Waals surface area contributed by atoms with E-state index in [0.717, 1.165) is 22.6 Å². The summed E-state index contributed by atoms with van der Waals surface area (Å²) in [5, 5.41) is 12.7. The smallest absolute Gasteiger partial charge is 0.272 e. The highest BCUT2D eigenvalue weighted by atomic mass is 32.2. The second-order valence-corrected chi connectivity index (χ2v) is 8.03. The molecule has 2 heterocycles. The van der Waals surface area contributed by atoms with Crippen LogP contribution in [0.3, 0.4) is 0 Å². The van der Waals surface area contributed by atoms with E-state index in [2.05, 4.69) is 20.2 Å². The van der Waals surface area contributed by atoms with E-state index in [-0.39, 0.29) is 10.0 Å². The SMILES string of the molecule is COc1ccc(C)cc1Nc1ccc(NS(=O)(=O)c2cccs2)nn1. The van der Waals surface area contributed by atoms with Crippen LogP contribution < -0.4 is 14.8 Å². The number of benzene rings is 1. The quantitative estimate of drug-likeness (QED) is 0.685. The van der Waals surface area contributed by atoms with Gasteiger partial charge in [0.2, 0.25) is 0 Å². The van der Waals surface area contributed by atoms with Crippen LogP contribution in [-0.4, -0.2) is 25.7 Å². The minimum absolute atomic E-state index is 0.148. The minimum Gasteiger partial charge on any atom is -0.495 e. The molecule has 0 amide bonds. The average Bonchev–Trinajstić information content (AvgIpc) is 3.12. The predicted molar refractivity (Wildman–Crippen MR) is 98.2 cm³/mol. The Labute approximate surface area is 149 Å². The van der Waals surface area contributed by atoms with Crippen LogP contribution in [-0.2, 0) is 10.0 Å². The molecule has 25 heavy (non-hydrogen) atoms. The van der Waals surface area contributed by atoms with E-state index in [1.54, 1.807) is 30.7 Å². The molecule has 0 radical (unpaired) electrons. The Balaban J connectivity index is 1.76. The molecule has 0 unspecified atom stereocenters. The molecule has 7 nitrogen and oxygen atoms in total. The van der Waals surface area contributed by atoms with E-state index < -0.39 is 10.0 Å². The van der Waals surface area contributed by atoms with Crippen LogP contribution in [0.15, 0.2) is 52.1 Å². The van der Waals surface area contributed by atoms with Gasteiger partial charge in [-0.3, -0.25) is 4.72 Å². The van der Waals surface area contributed by atoms with Crippen LogP contribution in [0, 0.1) is 6.92 Å². The zero-order valence-electron chi connectivity index (χ0n) is 13.6. The van der Waals surface area contributed by atoms with E-state index in [9.17, 15) is 8.42 Å². The Bertz CT molecular complexity index is 956. The Kier molecular flexibility index (Phi) is 4.86. The molecule has 0 saturated carbocycles. The molecule has 0 bridgehead atoms. The summed E-state index contributed by atoms with van der Waals surface area (Å²) in [6.45, 7) is 1.97. The number of aryl methyl sites for hydroxylation is 1. The monoisotopic (exact) mass is 376 g/mol. The van der Waals surface area contributed by atoms with Crippen LogP contribution in [0.4, 0.5) is 17.3 Å². The van der Waals surface area contributed by atoms with Gasteiger partial charge in [0.25, 0.3) is 10.0 Å². The number of nitrogens with one attached hydrogen (secondary N) is 2. The maximum atomic E-state index is 12.2. The van der Waals surface area contributed by atoms with Crippen molar-refractivity contribution in [2.75, 3.05) is 17.1 Å². The molecule has 2 aromatic heterocycles. The number of rotatable bonds is 6. The number of thiophene rings is 1. The first-order valence-corrected chi connectivity index (χ1v) is 9.66. The Morgan fingerprint density at radius 2 is 1.84 bits per heavy atom. The van der Waals surface area contributed by atoms with Gasteiger partial charge in [0.15, 0.2) is 11.6 Å². The number of hydrogen-bond donors (Lipinski definition) is 2. The second-order valence-electron chi connectivity index (χ2n) is 5.17. The van der Waals surface area contributed by atoms with Crippen LogP contribution in [0.1, 0.15) is 5.56 Å². The number of aromatic nitrogens is 2. The van der Waals surface area contributed by atoms with Crippen molar-refractivity contribution in [3.63, 3.8) is 0 Å². The van der Waals surface area contributed by atoms with Crippen LogP contribution in [0.25, 0.3) is 0 Å². The Morgan fingerprint density at radius 3 is 2.48 bits per heavy atom. The molecule has 0 aliphatic heterocycles. The Hall–Kier alpha value is -2.65. The van der Waals surface area contributed by atoms with Crippen molar-refractivity contribution in [2.45, 2.75) is 11.1 Å². The molecule has 0 aliphatic rings. The molecule has 0 saturated heterocycles. The van der Waals surface area contributed by atoms with Crippen molar-refractivity contribution in [2.24, 2.45) is 0 Å². The summed E-state index contributed by atoms with van der Waals surface area (Å²) in [6, 6.07) is 12.1. The summed E-state index contributed by atoms with van der Waals surface area (Å²) in [6.07, 6.45) is 0. The van der Waals surface area contributed by atoms with E-state index in [1.165, 1.54) is 6.07 Å². The highest BCUT2D eigenvalue weighted by Crippen LogP contribution is 2.28. The fraction of sp³-hybridized carbons (Fsp3) is 0.125. The third-order valence-electron chi connectivity index (χ3n) is 3.28. The molecule has 9 heteroatoms. The van der Waals surface area contributed by atoms with Crippen molar-refractivity contribution in [1.29, 1.82) is 0 Å². The van der Waals surface area contributed by atoms with Crippen LogP contribution in [0.2, 0.25) is 0 Å². The number of hydrogen-bond acceptors (Lipinski definition) is 7. The highest BCUT2D eigenvalue weighted by molar-refractivity contribution is 7.94. The first kappa shape index (κ1) is 17.2. The number of anilines is 3. The lowest BCUT2D eigenvalue weighted by atomic mass is 10.2. The van der Waals surface area contributed by atoms with Crippen LogP contribution in [0.5, 0.6) is 5.75 Å². The van der Waals surface area contributed by atoms with Crippen molar-refractivity contribution in [3.05, 3.63) is 53.4 Å². The van der Waals surface area contributed by atoms with Gasteiger partial charge in [-0.15, -0.1) is 21.5 Å². The molecule has 130 valence electrons. The van der Waals surface area contributed by atoms with Gasteiger partial charge in [-0.05, 0) is 48.2 Å². The fourth-order valence-corrected chi connectivity index (χ4v) is 4.10. The second kappa shape index (κ2) is 7.08. The van der Waals surface area contributed by atoms with Gasteiger partial charge < -0.3 is 10.1 Å². The van der Waals surface area contributed by atoms with Crippen molar-refractivity contribution >= 4 is 38.7 Å². The van der Waals surface area contributed by atoms with Crippen molar-refractivity contribution in [1.82, 2.24) is 10.2 Å². The van der Waals surface area contributed by atoms with Gasteiger partial charge in [0.05, 0.1) is 12.8 Å². The maximum Gasteiger partial charge on any atom is 0.272 e. The lowest BCUT2D eigenvalue weighted by Crippen LogP contribution is -2.13. The summed E-state index contributed by atoms with van der Waals surface area (Å²) >= 11 is 1.13. The summed E-state index contributed by atoms with van der Waals surface area (Å²) in [4.78, 5) is 0. The first-order chi connectivity index (χ1) is 12.0. The van der Waals surface area contributed by atoms with E-state index in [4.69, 9.17) is 4.74 Å². The third kappa shape index (κ3) is 4.06. The molecular weight excluding hydrogens is 360 g/mol. The largest absolute Gasteiger partial charge is 0.495 e. The third-order valence-corrected chi connectivity index (χ3v) is 6.03. The Morgan fingerprint density at radius 1 is 1.08 bits per heavy atom. The number of methoxy groups -OCH3 is 1. The highest BCUT2D eigenvalue weighted by Gasteiger charge is 2.16.